The van der Waals surface area contributed by atoms with Crippen molar-refractivity contribution in [3.8, 4) is 11.5 Å². The molecule has 0 aliphatic carbocycles. The number of carbonyl (C=O) groups is 3. The minimum absolute atomic E-state index is 0.0685. The molecule has 1 aliphatic heterocycles. The van der Waals surface area contributed by atoms with Gasteiger partial charge in [-0.15, -0.1) is 0 Å². The normalized spacial score (nSPS) is 15.9. The Balaban J connectivity index is 1.49. The van der Waals surface area contributed by atoms with Crippen molar-refractivity contribution in [1.29, 1.82) is 0 Å². The zero-order valence-corrected chi connectivity index (χ0v) is 16.5. The van der Waals surface area contributed by atoms with E-state index in [9.17, 15) is 14.4 Å². The van der Waals surface area contributed by atoms with E-state index in [0.29, 0.717) is 36.7 Å². The number of ketones is 1. The molecule has 0 saturated carbocycles. The Bertz CT molecular complexity index is 894. The Morgan fingerprint density at radius 3 is 2.55 bits per heavy atom. The molecule has 1 fully saturated rings. The third-order valence-electron chi connectivity index (χ3n) is 4.81. The first-order valence-electron chi connectivity index (χ1n) is 9.43. The van der Waals surface area contributed by atoms with Gasteiger partial charge in [0.25, 0.3) is 0 Å². The molecule has 7 heteroatoms. The van der Waals surface area contributed by atoms with Crippen LogP contribution in [-0.4, -0.2) is 49.3 Å². The molecular formula is C22H24N2O5. The smallest absolute Gasteiger partial charge is 0.229 e. The molecule has 2 aromatic carbocycles. The number of benzene rings is 2. The zero-order valence-electron chi connectivity index (χ0n) is 16.5. The Kier molecular flexibility index (Phi) is 6.49. The van der Waals surface area contributed by atoms with Gasteiger partial charge in [-0.05, 0) is 43.3 Å². The summed E-state index contributed by atoms with van der Waals surface area (Å²) < 4.78 is 10.8. The van der Waals surface area contributed by atoms with Crippen molar-refractivity contribution in [2.45, 2.75) is 13.3 Å². The Morgan fingerprint density at radius 1 is 1.14 bits per heavy atom. The van der Waals surface area contributed by atoms with Crippen LogP contribution in [-0.2, 0) is 9.59 Å². The molecule has 0 aromatic heterocycles. The van der Waals surface area contributed by atoms with E-state index < -0.39 is 5.92 Å². The summed E-state index contributed by atoms with van der Waals surface area (Å²) in [4.78, 5) is 37.9. The predicted octanol–water partition coefficient (Wildman–Crippen LogP) is 2.76. The molecule has 2 amide bonds. The Hall–Kier alpha value is -3.35. The number of rotatable bonds is 8. The molecule has 2 aromatic rings. The van der Waals surface area contributed by atoms with Crippen LogP contribution in [0.1, 0.15) is 23.7 Å². The van der Waals surface area contributed by atoms with Crippen molar-refractivity contribution in [3.63, 3.8) is 0 Å². The molecule has 152 valence electrons. The molecule has 29 heavy (non-hydrogen) atoms. The second kappa shape index (κ2) is 9.23. The van der Waals surface area contributed by atoms with E-state index in [0.717, 1.165) is 5.75 Å². The van der Waals surface area contributed by atoms with E-state index in [4.69, 9.17) is 9.47 Å². The lowest BCUT2D eigenvalue weighted by molar-refractivity contribution is -0.128. The predicted molar refractivity (Wildman–Crippen MR) is 108 cm³/mol. The number of likely N-dealkylation sites (tertiary alicyclic amines) is 1. The number of hydrogen-bond donors (Lipinski definition) is 1. The standard InChI is InChI=1S/C22H24N2O5/c1-15(25)16-4-3-5-18(12-16)23-22(27)17-13-21(26)24(14-17)10-11-29-20-8-6-19(28-2)7-9-20/h3-9,12,17H,10-11,13-14H2,1-2H3,(H,23,27). The van der Waals surface area contributed by atoms with Crippen LogP contribution in [0, 0.1) is 5.92 Å². The highest BCUT2D eigenvalue weighted by Crippen LogP contribution is 2.21. The highest BCUT2D eigenvalue weighted by molar-refractivity contribution is 5.99. The van der Waals surface area contributed by atoms with Crippen LogP contribution in [0.4, 0.5) is 5.69 Å². The number of amides is 2. The molecule has 1 unspecified atom stereocenters. The Morgan fingerprint density at radius 2 is 1.86 bits per heavy atom. The number of nitrogens with one attached hydrogen (secondary N) is 1. The molecule has 0 bridgehead atoms. The Labute approximate surface area is 169 Å². The fraction of sp³-hybridized carbons (Fsp3) is 0.318. The van der Waals surface area contributed by atoms with E-state index in [1.807, 2.05) is 0 Å². The third-order valence-corrected chi connectivity index (χ3v) is 4.81. The maximum atomic E-state index is 12.5. The second-order valence-electron chi connectivity index (χ2n) is 6.89. The topological polar surface area (TPSA) is 84.9 Å². The first-order chi connectivity index (χ1) is 14.0. The van der Waals surface area contributed by atoms with Gasteiger partial charge < -0.3 is 19.7 Å². The van der Waals surface area contributed by atoms with Crippen LogP contribution in [0.2, 0.25) is 0 Å². The van der Waals surface area contributed by atoms with Gasteiger partial charge in [-0.25, -0.2) is 0 Å². The first-order valence-corrected chi connectivity index (χ1v) is 9.43. The molecule has 7 nitrogen and oxygen atoms in total. The molecular weight excluding hydrogens is 372 g/mol. The molecule has 1 N–H and O–H groups in total. The molecule has 1 aliphatic rings. The summed E-state index contributed by atoms with van der Waals surface area (Å²) in [5.41, 5.74) is 1.08. The van der Waals surface area contributed by atoms with Gasteiger partial charge in [0.1, 0.15) is 18.1 Å². The number of carbonyl (C=O) groups excluding carboxylic acids is 3. The summed E-state index contributed by atoms with van der Waals surface area (Å²) in [6, 6.07) is 14.0. The van der Waals surface area contributed by atoms with Crippen LogP contribution >= 0.6 is 0 Å². The fourth-order valence-corrected chi connectivity index (χ4v) is 3.17. The summed E-state index contributed by atoms with van der Waals surface area (Å²) in [5.74, 6) is 0.648. The zero-order chi connectivity index (χ0) is 20.8. The average Bonchev–Trinajstić information content (AvgIpc) is 3.09. The van der Waals surface area contributed by atoms with Crippen molar-refractivity contribution in [2.75, 3.05) is 32.1 Å². The summed E-state index contributed by atoms with van der Waals surface area (Å²) in [6.07, 6.45) is 0.167. The average molecular weight is 396 g/mol. The molecule has 0 radical (unpaired) electrons. The quantitative estimate of drug-likeness (QED) is 0.694. The van der Waals surface area contributed by atoms with Gasteiger partial charge in [-0.1, -0.05) is 12.1 Å². The molecule has 1 atom stereocenters. The van der Waals surface area contributed by atoms with E-state index in [1.54, 1.807) is 60.5 Å². The fourth-order valence-electron chi connectivity index (χ4n) is 3.17. The highest BCUT2D eigenvalue weighted by Gasteiger charge is 2.34. The highest BCUT2D eigenvalue weighted by atomic mass is 16.5. The number of hydrogen-bond acceptors (Lipinski definition) is 5. The van der Waals surface area contributed by atoms with Crippen LogP contribution < -0.4 is 14.8 Å². The minimum atomic E-state index is -0.426. The maximum Gasteiger partial charge on any atom is 0.229 e. The van der Waals surface area contributed by atoms with E-state index in [1.165, 1.54) is 6.92 Å². The van der Waals surface area contributed by atoms with E-state index in [2.05, 4.69) is 5.32 Å². The number of nitrogens with zero attached hydrogens (tertiary/aromatic N) is 1. The summed E-state index contributed by atoms with van der Waals surface area (Å²) in [6.45, 7) is 2.58. The first kappa shape index (κ1) is 20.4. The molecule has 1 heterocycles. The van der Waals surface area contributed by atoms with E-state index in [-0.39, 0.29) is 24.0 Å². The van der Waals surface area contributed by atoms with Crippen molar-refractivity contribution in [2.24, 2.45) is 5.92 Å². The SMILES string of the molecule is COc1ccc(OCCN2CC(C(=O)Nc3cccc(C(C)=O)c3)CC2=O)cc1. The largest absolute Gasteiger partial charge is 0.497 e. The van der Waals surface area contributed by atoms with Gasteiger partial charge in [0.05, 0.1) is 19.6 Å². The lowest BCUT2D eigenvalue weighted by Gasteiger charge is -2.17. The molecule has 1 saturated heterocycles. The lowest BCUT2D eigenvalue weighted by Crippen LogP contribution is -2.31. The van der Waals surface area contributed by atoms with Gasteiger partial charge in [0.15, 0.2) is 5.78 Å². The van der Waals surface area contributed by atoms with Crippen molar-refractivity contribution in [3.05, 3.63) is 54.1 Å². The van der Waals surface area contributed by atoms with Crippen LogP contribution in [0.5, 0.6) is 11.5 Å². The van der Waals surface area contributed by atoms with Gasteiger partial charge >= 0.3 is 0 Å². The van der Waals surface area contributed by atoms with Crippen LogP contribution in [0.3, 0.4) is 0 Å². The van der Waals surface area contributed by atoms with Gasteiger partial charge in [-0.3, -0.25) is 14.4 Å². The second-order valence-corrected chi connectivity index (χ2v) is 6.89. The molecule has 3 rings (SSSR count). The summed E-state index contributed by atoms with van der Waals surface area (Å²) in [5, 5.41) is 2.80. The van der Waals surface area contributed by atoms with Crippen LogP contribution in [0.25, 0.3) is 0 Å². The van der Waals surface area contributed by atoms with Crippen molar-refractivity contribution >= 4 is 23.3 Å². The number of methoxy groups -OCH3 is 1. The number of anilines is 1. The van der Waals surface area contributed by atoms with Crippen molar-refractivity contribution in [1.82, 2.24) is 4.90 Å². The monoisotopic (exact) mass is 396 g/mol. The van der Waals surface area contributed by atoms with Crippen LogP contribution in [0.15, 0.2) is 48.5 Å². The van der Waals surface area contributed by atoms with Gasteiger partial charge in [-0.2, -0.15) is 0 Å². The van der Waals surface area contributed by atoms with Crippen molar-refractivity contribution < 1.29 is 23.9 Å². The van der Waals surface area contributed by atoms with Gasteiger partial charge in [0, 0.05) is 24.2 Å². The molecule has 0 spiro atoms. The minimum Gasteiger partial charge on any atom is -0.497 e. The summed E-state index contributed by atoms with van der Waals surface area (Å²) in [7, 11) is 1.60. The number of Topliss-reactive ketones (excluding diaryl/α,β-unsaturated/α-hetero) is 1. The summed E-state index contributed by atoms with van der Waals surface area (Å²) >= 11 is 0. The maximum absolute atomic E-state index is 12.5. The van der Waals surface area contributed by atoms with Gasteiger partial charge in [0.2, 0.25) is 11.8 Å². The third kappa shape index (κ3) is 5.34. The lowest BCUT2D eigenvalue weighted by atomic mass is 10.1. The number of ether oxygens (including phenoxy) is 2. The van der Waals surface area contributed by atoms with E-state index >= 15 is 0 Å².